The van der Waals surface area contributed by atoms with E-state index in [0.717, 1.165) is 12.8 Å². The summed E-state index contributed by atoms with van der Waals surface area (Å²) in [5.74, 6) is -0.799. The van der Waals surface area contributed by atoms with Gasteiger partial charge in [-0.15, -0.1) is 0 Å². The molecule has 16 heavy (non-hydrogen) atoms. The van der Waals surface area contributed by atoms with Crippen molar-refractivity contribution in [1.29, 1.82) is 0 Å². The second-order valence-corrected chi connectivity index (χ2v) is 4.00. The van der Waals surface area contributed by atoms with Crippen molar-refractivity contribution < 1.29 is 14.0 Å². The molecule has 0 spiro atoms. The van der Waals surface area contributed by atoms with E-state index in [1.165, 1.54) is 24.4 Å². The molecule has 0 N–H and O–H groups in total. The van der Waals surface area contributed by atoms with Gasteiger partial charge in [0.05, 0.1) is 17.2 Å². The number of nitrogens with zero attached hydrogens (tertiary/aromatic N) is 1. The maximum Gasteiger partial charge on any atom is 0.338 e. The first-order valence-corrected chi connectivity index (χ1v) is 5.24. The number of hydrogen-bond acceptors (Lipinski definition) is 3. The van der Waals surface area contributed by atoms with Gasteiger partial charge in [-0.1, -0.05) is 22.8 Å². The van der Waals surface area contributed by atoms with Crippen LogP contribution in [0, 0.1) is 11.7 Å². The average molecular weight is 242 g/mol. The average Bonchev–Trinajstić information content (AvgIpc) is 3.07. The maximum atomic E-state index is 12.8. The molecule has 3 nitrogen and oxygen atoms in total. The highest BCUT2D eigenvalue weighted by atomic mass is 35.5. The molecule has 0 bridgehead atoms. The van der Waals surface area contributed by atoms with Crippen molar-refractivity contribution in [2.24, 2.45) is 11.1 Å². The standard InChI is InChI=1S/C11H9ClFNO2/c12-9-5-7(1-4-10(9)13)6-14-16-11(15)8-2-3-8/h1,4-6,8H,2-3H2/b14-6-. The zero-order valence-electron chi connectivity index (χ0n) is 8.32. The number of hydrogen-bond donors (Lipinski definition) is 0. The van der Waals surface area contributed by atoms with Gasteiger partial charge in [0.1, 0.15) is 5.82 Å². The van der Waals surface area contributed by atoms with Crippen molar-refractivity contribution in [2.45, 2.75) is 12.8 Å². The third-order valence-corrected chi connectivity index (χ3v) is 2.49. The summed E-state index contributed by atoms with van der Waals surface area (Å²) in [6.45, 7) is 0. The van der Waals surface area contributed by atoms with Gasteiger partial charge in [-0.05, 0) is 30.5 Å². The number of carbonyl (C=O) groups excluding carboxylic acids is 1. The van der Waals surface area contributed by atoms with Crippen molar-refractivity contribution >= 4 is 23.8 Å². The predicted molar refractivity (Wildman–Crippen MR) is 57.8 cm³/mol. The van der Waals surface area contributed by atoms with Crippen molar-refractivity contribution in [3.05, 3.63) is 34.6 Å². The molecule has 0 aliphatic heterocycles. The van der Waals surface area contributed by atoms with Crippen LogP contribution in [0.5, 0.6) is 0 Å². The Kier molecular flexibility index (Phi) is 3.19. The van der Waals surface area contributed by atoms with Crippen molar-refractivity contribution in [3.63, 3.8) is 0 Å². The number of oxime groups is 1. The number of carbonyl (C=O) groups is 1. The Bertz CT molecular complexity index is 444. The van der Waals surface area contributed by atoms with E-state index < -0.39 is 5.82 Å². The summed E-state index contributed by atoms with van der Waals surface area (Å²) < 4.78 is 12.8. The number of rotatable bonds is 3. The molecule has 5 heteroatoms. The van der Waals surface area contributed by atoms with Crippen molar-refractivity contribution in [1.82, 2.24) is 0 Å². The summed E-state index contributed by atoms with van der Waals surface area (Å²) in [7, 11) is 0. The Balaban J connectivity index is 1.94. The SMILES string of the molecule is O=C(O/N=C\c1ccc(F)c(Cl)c1)C1CC1. The molecule has 0 radical (unpaired) electrons. The lowest BCUT2D eigenvalue weighted by molar-refractivity contribution is -0.145. The molecule has 0 aromatic heterocycles. The summed E-state index contributed by atoms with van der Waals surface area (Å²) in [5, 5.41) is 3.53. The Hall–Kier alpha value is -1.42. The van der Waals surface area contributed by atoms with Crippen LogP contribution in [0.15, 0.2) is 23.4 Å². The molecule has 0 unspecified atom stereocenters. The Morgan fingerprint density at radius 2 is 2.31 bits per heavy atom. The van der Waals surface area contributed by atoms with Crippen LogP contribution in [0.2, 0.25) is 5.02 Å². The van der Waals surface area contributed by atoms with E-state index in [1.807, 2.05) is 0 Å². The van der Waals surface area contributed by atoms with Crippen molar-refractivity contribution in [2.75, 3.05) is 0 Å². The predicted octanol–water partition coefficient (Wildman–Crippen LogP) is 2.77. The quantitative estimate of drug-likeness (QED) is 0.464. The van der Waals surface area contributed by atoms with Gasteiger partial charge in [0.2, 0.25) is 0 Å². The van der Waals surface area contributed by atoms with Crippen LogP contribution in [0.25, 0.3) is 0 Å². The van der Waals surface area contributed by atoms with Crippen molar-refractivity contribution in [3.8, 4) is 0 Å². The summed E-state index contributed by atoms with van der Waals surface area (Å²) >= 11 is 5.57. The Morgan fingerprint density at radius 3 is 2.94 bits per heavy atom. The van der Waals surface area contributed by atoms with E-state index in [4.69, 9.17) is 11.6 Å². The van der Waals surface area contributed by atoms with Crippen LogP contribution >= 0.6 is 11.6 Å². The lowest BCUT2D eigenvalue weighted by Gasteiger charge is -1.96. The van der Waals surface area contributed by atoms with Gasteiger partial charge in [0.25, 0.3) is 0 Å². The van der Waals surface area contributed by atoms with Gasteiger partial charge >= 0.3 is 5.97 Å². The van der Waals surface area contributed by atoms with E-state index >= 15 is 0 Å². The molecule has 1 aromatic rings. The van der Waals surface area contributed by atoms with Crippen LogP contribution in [-0.4, -0.2) is 12.2 Å². The Labute approximate surface area is 96.8 Å². The third kappa shape index (κ3) is 2.79. The fourth-order valence-electron chi connectivity index (χ4n) is 1.13. The topological polar surface area (TPSA) is 38.7 Å². The van der Waals surface area contributed by atoms with Crippen LogP contribution in [0.1, 0.15) is 18.4 Å². The summed E-state index contributed by atoms with van der Waals surface area (Å²) in [6, 6.07) is 4.13. The van der Waals surface area contributed by atoms with Crippen LogP contribution in [-0.2, 0) is 9.63 Å². The largest absolute Gasteiger partial charge is 0.338 e. The lowest BCUT2D eigenvalue weighted by atomic mass is 10.2. The highest BCUT2D eigenvalue weighted by Crippen LogP contribution is 2.30. The summed E-state index contributed by atoms with van der Waals surface area (Å²) in [5.41, 5.74) is 0.579. The van der Waals surface area contributed by atoms with Gasteiger partial charge in [-0.25, -0.2) is 9.18 Å². The smallest absolute Gasteiger partial charge is 0.318 e. The van der Waals surface area contributed by atoms with Gasteiger partial charge < -0.3 is 4.84 Å². The first-order valence-electron chi connectivity index (χ1n) is 4.86. The van der Waals surface area contributed by atoms with E-state index in [1.54, 1.807) is 0 Å². The molecule has 0 amide bonds. The molecule has 84 valence electrons. The molecule has 1 aliphatic carbocycles. The van der Waals surface area contributed by atoms with Crippen LogP contribution in [0.4, 0.5) is 4.39 Å². The minimum atomic E-state index is -0.492. The molecule has 1 aromatic carbocycles. The van der Waals surface area contributed by atoms with E-state index in [0.29, 0.717) is 5.56 Å². The molecule has 1 saturated carbocycles. The van der Waals surface area contributed by atoms with E-state index in [-0.39, 0.29) is 16.9 Å². The Morgan fingerprint density at radius 1 is 1.56 bits per heavy atom. The molecule has 1 fully saturated rings. The molecule has 1 aliphatic rings. The minimum Gasteiger partial charge on any atom is -0.318 e. The molecule has 0 saturated heterocycles. The minimum absolute atomic E-state index is 0.00829. The van der Waals surface area contributed by atoms with Gasteiger partial charge in [-0.3, -0.25) is 0 Å². The molecule has 2 rings (SSSR count). The molecule has 0 heterocycles. The van der Waals surface area contributed by atoms with E-state index in [2.05, 4.69) is 9.99 Å². The fraction of sp³-hybridized carbons (Fsp3) is 0.273. The fourth-order valence-corrected chi connectivity index (χ4v) is 1.31. The maximum absolute atomic E-state index is 12.8. The molecular weight excluding hydrogens is 233 g/mol. The molecular formula is C11H9ClFNO2. The van der Waals surface area contributed by atoms with Crippen LogP contribution in [0.3, 0.4) is 0 Å². The summed E-state index contributed by atoms with van der Waals surface area (Å²) in [6.07, 6.45) is 3.07. The van der Waals surface area contributed by atoms with Gasteiger partial charge in [0.15, 0.2) is 0 Å². The summed E-state index contributed by atoms with van der Waals surface area (Å²) in [4.78, 5) is 15.7. The van der Waals surface area contributed by atoms with Gasteiger partial charge in [0, 0.05) is 0 Å². The van der Waals surface area contributed by atoms with Crippen LogP contribution < -0.4 is 0 Å². The second-order valence-electron chi connectivity index (χ2n) is 3.59. The zero-order chi connectivity index (χ0) is 11.5. The van der Waals surface area contributed by atoms with E-state index in [9.17, 15) is 9.18 Å². The highest BCUT2D eigenvalue weighted by molar-refractivity contribution is 6.31. The molecule has 0 atom stereocenters. The van der Waals surface area contributed by atoms with Gasteiger partial charge in [-0.2, -0.15) is 0 Å². The lowest BCUT2D eigenvalue weighted by Crippen LogP contribution is -2.01. The number of benzene rings is 1. The monoisotopic (exact) mass is 241 g/mol. The zero-order valence-corrected chi connectivity index (χ0v) is 9.08. The normalized spacial score (nSPS) is 15.4. The third-order valence-electron chi connectivity index (χ3n) is 2.20. The number of halogens is 2. The first kappa shape index (κ1) is 11.1. The highest BCUT2D eigenvalue weighted by Gasteiger charge is 2.31. The first-order chi connectivity index (χ1) is 7.66. The second kappa shape index (κ2) is 4.61.